The summed E-state index contributed by atoms with van der Waals surface area (Å²) in [5, 5.41) is 12.5. The van der Waals surface area contributed by atoms with Gasteiger partial charge in [0.05, 0.1) is 14.2 Å². The molecule has 0 aliphatic heterocycles. The number of hydrogen-bond acceptors (Lipinski definition) is 4. The number of nitrogens with one attached hydrogen (secondary N) is 1. The molecule has 2 aromatic rings. The van der Waals surface area contributed by atoms with E-state index < -0.39 is 5.97 Å². The number of esters is 1. The Hall–Kier alpha value is -2.83. The number of phenolic OH excluding ortho intramolecular Hbond substituents is 1. The zero-order valence-electron chi connectivity index (χ0n) is 12.7. The number of amides is 1. The molecular formula is C15H18N3O4+. The molecule has 116 valence electrons. The Kier molecular flexibility index (Phi) is 4.45. The van der Waals surface area contributed by atoms with Crippen LogP contribution in [0.5, 0.6) is 5.75 Å². The van der Waals surface area contributed by atoms with Crippen molar-refractivity contribution in [2.24, 2.45) is 7.05 Å². The third kappa shape index (κ3) is 3.25. The maximum Gasteiger partial charge on any atom is 0.341 e. The summed E-state index contributed by atoms with van der Waals surface area (Å²) in [6, 6.07) is 4.25. The van der Waals surface area contributed by atoms with Crippen molar-refractivity contribution in [3.63, 3.8) is 0 Å². The first-order valence-corrected chi connectivity index (χ1v) is 6.65. The monoisotopic (exact) mass is 304 g/mol. The average Bonchev–Trinajstić information content (AvgIpc) is 2.78. The van der Waals surface area contributed by atoms with Crippen molar-refractivity contribution < 1.29 is 24.0 Å². The molecule has 7 heteroatoms. The Balaban J connectivity index is 2.07. The summed E-state index contributed by atoms with van der Waals surface area (Å²) in [6.07, 6.45) is 3.67. The van der Waals surface area contributed by atoms with Crippen LogP contribution in [0.15, 0.2) is 30.6 Å². The molecule has 1 aromatic carbocycles. The number of carbonyl (C=O) groups excluding carboxylic acids is 2. The highest BCUT2D eigenvalue weighted by Crippen LogP contribution is 2.22. The number of phenols is 1. The van der Waals surface area contributed by atoms with E-state index in [1.54, 1.807) is 4.57 Å². The lowest BCUT2D eigenvalue weighted by Crippen LogP contribution is -2.31. The second kappa shape index (κ2) is 6.30. The molecule has 0 radical (unpaired) electrons. The smallest absolute Gasteiger partial charge is 0.341 e. The molecule has 2 rings (SSSR count). The van der Waals surface area contributed by atoms with Gasteiger partial charge in [0.15, 0.2) is 6.54 Å². The van der Waals surface area contributed by atoms with E-state index in [-0.39, 0.29) is 23.8 Å². The van der Waals surface area contributed by atoms with Gasteiger partial charge in [0.25, 0.3) is 11.7 Å². The molecule has 0 unspecified atom stereocenters. The fourth-order valence-corrected chi connectivity index (χ4v) is 2.01. The molecule has 0 saturated heterocycles. The number of imidazole rings is 1. The van der Waals surface area contributed by atoms with Gasteiger partial charge < -0.3 is 15.2 Å². The van der Waals surface area contributed by atoms with Crippen LogP contribution in [0, 0.1) is 6.92 Å². The van der Waals surface area contributed by atoms with E-state index in [1.807, 2.05) is 30.9 Å². The molecule has 0 bridgehead atoms. The van der Waals surface area contributed by atoms with Gasteiger partial charge in [-0.2, -0.15) is 0 Å². The number of benzene rings is 1. The molecule has 7 nitrogen and oxygen atoms in total. The number of hydrogen-bond donors (Lipinski definition) is 2. The molecule has 2 N–H and O–H groups in total. The highest BCUT2D eigenvalue weighted by Gasteiger charge is 2.15. The van der Waals surface area contributed by atoms with E-state index in [9.17, 15) is 14.7 Å². The van der Waals surface area contributed by atoms with Gasteiger partial charge >= 0.3 is 5.97 Å². The maximum absolute atomic E-state index is 12.0. The minimum Gasteiger partial charge on any atom is -0.507 e. The second-order valence-electron chi connectivity index (χ2n) is 4.86. The maximum atomic E-state index is 12.0. The van der Waals surface area contributed by atoms with Crippen molar-refractivity contribution in [3.05, 3.63) is 42.0 Å². The van der Waals surface area contributed by atoms with Crippen LogP contribution < -0.4 is 9.88 Å². The predicted molar refractivity (Wildman–Crippen MR) is 78.4 cm³/mol. The van der Waals surface area contributed by atoms with Gasteiger partial charge in [0.1, 0.15) is 23.7 Å². The largest absolute Gasteiger partial charge is 0.507 e. The number of aryl methyl sites for hydroxylation is 1. The van der Waals surface area contributed by atoms with Crippen molar-refractivity contribution in [2.45, 2.75) is 13.5 Å². The van der Waals surface area contributed by atoms with E-state index in [1.165, 1.54) is 25.3 Å². The lowest BCUT2D eigenvalue weighted by Gasteiger charge is -2.07. The Bertz CT molecular complexity index is 722. The highest BCUT2D eigenvalue weighted by molar-refractivity contribution is 5.95. The second-order valence-corrected chi connectivity index (χ2v) is 4.86. The number of nitrogens with zero attached hydrogens (tertiary/aromatic N) is 2. The third-order valence-corrected chi connectivity index (χ3v) is 3.40. The first-order valence-electron chi connectivity index (χ1n) is 6.65. The molecule has 0 saturated carbocycles. The molecule has 0 atom stereocenters. The van der Waals surface area contributed by atoms with E-state index in [2.05, 4.69) is 10.1 Å². The van der Waals surface area contributed by atoms with E-state index in [0.29, 0.717) is 5.69 Å². The van der Waals surface area contributed by atoms with Gasteiger partial charge in [-0.15, -0.1) is 0 Å². The Morgan fingerprint density at radius 3 is 2.68 bits per heavy atom. The molecule has 0 aliphatic carbocycles. The van der Waals surface area contributed by atoms with Gasteiger partial charge in [-0.05, 0) is 12.1 Å². The minimum absolute atomic E-state index is 0.0498. The van der Waals surface area contributed by atoms with Crippen molar-refractivity contribution in [1.82, 2.24) is 4.57 Å². The first kappa shape index (κ1) is 15.6. The quantitative estimate of drug-likeness (QED) is 0.645. The molecule has 0 spiro atoms. The van der Waals surface area contributed by atoms with Crippen LogP contribution in [-0.4, -0.2) is 28.7 Å². The van der Waals surface area contributed by atoms with Crippen LogP contribution in [0.2, 0.25) is 0 Å². The lowest BCUT2D eigenvalue weighted by atomic mass is 10.2. The first-order chi connectivity index (χ1) is 10.4. The van der Waals surface area contributed by atoms with Crippen LogP contribution in [0.1, 0.15) is 16.2 Å². The van der Waals surface area contributed by atoms with Crippen LogP contribution >= 0.6 is 0 Å². The summed E-state index contributed by atoms with van der Waals surface area (Å²) in [6.45, 7) is 2.07. The van der Waals surface area contributed by atoms with E-state index in [4.69, 9.17) is 0 Å². The summed E-state index contributed by atoms with van der Waals surface area (Å²) < 4.78 is 8.25. The predicted octanol–water partition coefficient (Wildman–Crippen LogP) is 0.752. The number of methoxy groups -OCH3 is 1. The third-order valence-electron chi connectivity index (χ3n) is 3.40. The van der Waals surface area contributed by atoms with Crippen LogP contribution in [-0.2, 0) is 23.1 Å². The van der Waals surface area contributed by atoms with Gasteiger partial charge in [-0.3, -0.25) is 4.79 Å². The standard InChI is InChI=1S/C15H17N3O4/c1-10-17(2)6-7-18(10)9-14(20)16-11-4-5-12(13(19)8-11)15(21)22-3/h4-8H,9H2,1-3H3,(H-,16,19,20,21)/p+1. The van der Waals surface area contributed by atoms with Gasteiger partial charge in [-0.25, -0.2) is 13.9 Å². The molecule has 0 aliphatic rings. The molecular weight excluding hydrogens is 286 g/mol. The molecule has 1 heterocycles. The van der Waals surface area contributed by atoms with Crippen molar-refractivity contribution in [3.8, 4) is 5.75 Å². The number of aromatic nitrogens is 2. The summed E-state index contributed by atoms with van der Waals surface area (Å²) in [4.78, 5) is 23.4. The van der Waals surface area contributed by atoms with E-state index in [0.717, 1.165) is 5.82 Å². The Morgan fingerprint density at radius 2 is 2.14 bits per heavy atom. The fourth-order valence-electron chi connectivity index (χ4n) is 2.01. The highest BCUT2D eigenvalue weighted by atomic mass is 16.5. The van der Waals surface area contributed by atoms with Crippen molar-refractivity contribution in [1.29, 1.82) is 0 Å². The summed E-state index contributed by atoms with van der Waals surface area (Å²) in [5.74, 6) is -0.164. The van der Waals surface area contributed by atoms with Crippen molar-refractivity contribution >= 4 is 17.6 Å². The topological polar surface area (TPSA) is 84.4 Å². The number of ether oxygens (including phenoxy) is 1. The molecule has 22 heavy (non-hydrogen) atoms. The van der Waals surface area contributed by atoms with Gasteiger partial charge in [0, 0.05) is 18.7 Å². The zero-order chi connectivity index (χ0) is 16.3. The van der Waals surface area contributed by atoms with Crippen LogP contribution in [0.25, 0.3) is 0 Å². The Morgan fingerprint density at radius 1 is 1.41 bits per heavy atom. The number of anilines is 1. The number of rotatable bonds is 4. The number of carbonyl (C=O) groups is 2. The van der Waals surface area contributed by atoms with Crippen molar-refractivity contribution in [2.75, 3.05) is 12.4 Å². The summed E-state index contributed by atoms with van der Waals surface area (Å²) >= 11 is 0. The number of aromatic hydroxyl groups is 1. The zero-order valence-corrected chi connectivity index (χ0v) is 12.7. The average molecular weight is 304 g/mol. The Labute approximate surface area is 127 Å². The van der Waals surface area contributed by atoms with E-state index >= 15 is 0 Å². The van der Waals surface area contributed by atoms with Crippen LogP contribution in [0.3, 0.4) is 0 Å². The van der Waals surface area contributed by atoms with Gasteiger partial charge in [0.2, 0.25) is 0 Å². The molecule has 0 fully saturated rings. The minimum atomic E-state index is -0.633. The van der Waals surface area contributed by atoms with Crippen LogP contribution in [0.4, 0.5) is 5.69 Å². The normalized spacial score (nSPS) is 10.3. The summed E-state index contributed by atoms with van der Waals surface area (Å²) in [5.41, 5.74) is 0.457. The lowest BCUT2D eigenvalue weighted by molar-refractivity contribution is -0.677. The van der Waals surface area contributed by atoms with Gasteiger partial charge in [-0.1, -0.05) is 0 Å². The fraction of sp³-hybridized carbons (Fsp3) is 0.267. The molecule has 1 amide bonds. The SMILES string of the molecule is COC(=O)c1ccc(NC(=O)Cn2cc[n+](C)c2C)cc1O. The molecule has 1 aromatic heterocycles. The summed E-state index contributed by atoms with van der Waals surface area (Å²) in [7, 11) is 3.13.